The molecule has 0 atom stereocenters. The molecule has 0 unspecified atom stereocenters. The second kappa shape index (κ2) is 9.14. The van der Waals surface area contributed by atoms with E-state index in [-0.39, 0.29) is 11.0 Å². The Balaban J connectivity index is 1.65. The summed E-state index contributed by atoms with van der Waals surface area (Å²) in [7, 11) is 5.89. The molecule has 1 aliphatic carbocycles. The average molecular weight is 427 g/mol. The molecule has 1 aliphatic heterocycles. The maximum Gasteiger partial charge on any atom is 0.416 e. The predicted octanol–water partition coefficient (Wildman–Crippen LogP) is 3.40. The minimum absolute atomic E-state index is 0.00503. The topological polar surface area (TPSA) is 48.9 Å². The molecule has 2 N–H and O–H groups in total. The van der Waals surface area contributed by atoms with Gasteiger partial charge in [0, 0.05) is 44.3 Å². The van der Waals surface area contributed by atoms with Gasteiger partial charge in [-0.25, -0.2) is 0 Å². The highest BCUT2D eigenvalue weighted by atomic mass is 19.4. The number of rotatable bonds is 6. The van der Waals surface area contributed by atoms with Crippen molar-refractivity contribution in [1.29, 1.82) is 0 Å². The molecule has 2 fully saturated rings. The van der Waals surface area contributed by atoms with Crippen molar-refractivity contribution in [2.45, 2.75) is 49.2 Å². The van der Waals surface area contributed by atoms with Crippen molar-refractivity contribution in [3.05, 3.63) is 35.4 Å². The quantitative estimate of drug-likeness (QED) is 0.541. The highest BCUT2D eigenvalue weighted by Crippen LogP contribution is 2.44. The third-order valence-electron chi connectivity index (χ3n) is 6.89. The molecular weight excluding hydrogens is 393 g/mol. The lowest BCUT2D eigenvalue weighted by Crippen LogP contribution is -2.58. The fourth-order valence-corrected chi connectivity index (χ4v) is 4.45. The summed E-state index contributed by atoms with van der Waals surface area (Å²) >= 11 is 0. The van der Waals surface area contributed by atoms with Gasteiger partial charge in [0.15, 0.2) is 5.96 Å². The standard InChI is InChI=1S/C22H33F3N4O/c1-26-19(28-16-21(29(2)3)10-12-30-13-11-21)27-15-20(8-5-9-20)17-6-4-7-18(14-17)22(23,24)25/h4,6-7,14H,5,8-13,15-16H2,1-3H3,(H2,26,27,28). The number of nitrogens with one attached hydrogen (secondary N) is 2. The summed E-state index contributed by atoms with van der Waals surface area (Å²) in [6, 6.07) is 5.77. The van der Waals surface area contributed by atoms with Crippen LogP contribution in [0.3, 0.4) is 0 Å². The summed E-state index contributed by atoms with van der Waals surface area (Å²) in [5, 5.41) is 6.80. The van der Waals surface area contributed by atoms with Gasteiger partial charge in [0.1, 0.15) is 0 Å². The number of hydrogen-bond donors (Lipinski definition) is 2. The molecule has 0 radical (unpaired) electrons. The SMILES string of the molecule is CN=C(NCC1(c2cccc(C(F)(F)F)c2)CCC1)NCC1(N(C)C)CCOCC1. The summed E-state index contributed by atoms with van der Waals surface area (Å²) in [5.74, 6) is 0.681. The van der Waals surface area contributed by atoms with Crippen LogP contribution < -0.4 is 10.6 Å². The van der Waals surface area contributed by atoms with Crippen molar-refractivity contribution < 1.29 is 17.9 Å². The van der Waals surface area contributed by atoms with Crippen LogP contribution in [0.15, 0.2) is 29.3 Å². The smallest absolute Gasteiger partial charge is 0.381 e. The van der Waals surface area contributed by atoms with Crippen molar-refractivity contribution in [3.8, 4) is 0 Å². The van der Waals surface area contributed by atoms with Crippen LogP contribution in [0.2, 0.25) is 0 Å². The second-order valence-corrected chi connectivity index (χ2v) is 8.72. The van der Waals surface area contributed by atoms with Crippen LogP contribution in [-0.4, -0.2) is 63.8 Å². The maximum atomic E-state index is 13.2. The summed E-state index contributed by atoms with van der Waals surface area (Å²) in [5.41, 5.74) is -0.107. The third-order valence-corrected chi connectivity index (χ3v) is 6.89. The van der Waals surface area contributed by atoms with Crippen LogP contribution in [-0.2, 0) is 16.3 Å². The largest absolute Gasteiger partial charge is 0.416 e. The van der Waals surface area contributed by atoms with Gasteiger partial charge in [-0.3, -0.25) is 4.99 Å². The number of nitrogens with zero attached hydrogens (tertiary/aromatic N) is 2. The minimum atomic E-state index is -4.32. The number of hydrogen-bond acceptors (Lipinski definition) is 3. The fourth-order valence-electron chi connectivity index (χ4n) is 4.45. The monoisotopic (exact) mass is 426 g/mol. The number of aliphatic imine (C=N–C) groups is 1. The molecule has 8 heteroatoms. The molecular formula is C22H33F3N4O. The highest BCUT2D eigenvalue weighted by molar-refractivity contribution is 5.79. The Labute approximate surface area is 177 Å². The van der Waals surface area contributed by atoms with Gasteiger partial charge in [0.2, 0.25) is 0 Å². The summed E-state index contributed by atoms with van der Waals surface area (Å²) in [6.45, 7) is 2.78. The first-order valence-electron chi connectivity index (χ1n) is 10.6. The number of likely N-dealkylation sites (N-methyl/N-ethyl adjacent to an activating group) is 1. The normalized spacial score (nSPS) is 21.2. The van der Waals surface area contributed by atoms with E-state index in [0.717, 1.165) is 63.5 Å². The van der Waals surface area contributed by atoms with E-state index in [1.807, 2.05) is 6.07 Å². The van der Waals surface area contributed by atoms with E-state index in [1.54, 1.807) is 7.05 Å². The lowest BCUT2D eigenvalue weighted by atomic mass is 9.64. The van der Waals surface area contributed by atoms with Crippen molar-refractivity contribution >= 4 is 5.96 Å². The van der Waals surface area contributed by atoms with Crippen molar-refractivity contribution in [1.82, 2.24) is 15.5 Å². The van der Waals surface area contributed by atoms with Gasteiger partial charge in [-0.05, 0) is 51.4 Å². The molecule has 0 bridgehead atoms. The zero-order chi connectivity index (χ0) is 21.8. The number of alkyl halides is 3. The van der Waals surface area contributed by atoms with Crippen LogP contribution in [0, 0.1) is 0 Å². The molecule has 1 saturated carbocycles. The zero-order valence-corrected chi connectivity index (χ0v) is 18.1. The van der Waals surface area contributed by atoms with E-state index in [2.05, 4.69) is 34.6 Å². The summed E-state index contributed by atoms with van der Waals surface area (Å²) in [4.78, 5) is 6.58. The minimum Gasteiger partial charge on any atom is -0.381 e. The Morgan fingerprint density at radius 2 is 1.77 bits per heavy atom. The van der Waals surface area contributed by atoms with Crippen LogP contribution in [0.4, 0.5) is 13.2 Å². The van der Waals surface area contributed by atoms with E-state index < -0.39 is 11.7 Å². The molecule has 1 aromatic carbocycles. The molecule has 1 heterocycles. The van der Waals surface area contributed by atoms with Gasteiger partial charge in [-0.2, -0.15) is 13.2 Å². The molecule has 0 aromatic heterocycles. The average Bonchev–Trinajstić information content (AvgIpc) is 2.69. The lowest BCUT2D eigenvalue weighted by Gasteiger charge is -2.44. The number of guanidine groups is 1. The Bertz CT molecular complexity index is 738. The van der Waals surface area contributed by atoms with Crippen molar-refractivity contribution in [3.63, 3.8) is 0 Å². The molecule has 3 rings (SSSR count). The molecule has 0 spiro atoms. The fraction of sp³-hybridized carbons (Fsp3) is 0.682. The molecule has 0 amide bonds. The van der Waals surface area contributed by atoms with E-state index in [1.165, 1.54) is 12.1 Å². The molecule has 1 saturated heterocycles. The molecule has 1 aromatic rings. The molecule has 2 aliphatic rings. The van der Waals surface area contributed by atoms with Gasteiger partial charge in [0.05, 0.1) is 5.56 Å². The molecule has 30 heavy (non-hydrogen) atoms. The first-order chi connectivity index (χ1) is 14.2. The zero-order valence-electron chi connectivity index (χ0n) is 18.1. The second-order valence-electron chi connectivity index (χ2n) is 8.72. The number of benzene rings is 1. The van der Waals surface area contributed by atoms with Gasteiger partial charge in [-0.15, -0.1) is 0 Å². The van der Waals surface area contributed by atoms with Gasteiger partial charge in [-0.1, -0.05) is 24.6 Å². The Morgan fingerprint density at radius 3 is 2.30 bits per heavy atom. The van der Waals surface area contributed by atoms with E-state index in [9.17, 15) is 13.2 Å². The molecule has 5 nitrogen and oxygen atoms in total. The summed E-state index contributed by atoms with van der Waals surface area (Å²) < 4.78 is 45.0. The number of ether oxygens (including phenoxy) is 1. The van der Waals surface area contributed by atoms with Crippen molar-refractivity contribution in [2.75, 3.05) is 47.4 Å². The predicted molar refractivity (Wildman–Crippen MR) is 113 cm³/mol. The van der Waals surface area contributed by atoms with Crippen LogP contribution >= 0.6 is 0 Å². The third kappa shape index (κ3) is 4.91. The van der Waals surface area contributed by atoms with Gasteiger partial charge >= 0.3 is 6.18 Å². The van der Waals surface area contributed by atoms with Gasteiger partial charge < -0.3 is 20.3 Å². The lowest BCUT2D eigenvalue weighted by molar-refractivity contribution is -0.137. The Hall–Kier alpha value is -1.80. The van der Waals surface area contributed by atoms with Gasteiger partial charge in [0.25, 0.3) is 0 Å². The van der Waals surface area contributed by atoms with Crippen LogP contribution in [0.25, 0.3) is 0 Å². The number of halogens is 3. The van der Waals surface area contributed by atoms with E-state index >= 15 is 0 Å². The van der Waals surface area contributed by atoms with E-state index in [4.69, 9.17) is 4.74 Å². The van der Waals surface area contributed by atoms with Crippen LogP contribution in [0.5, 0.6) is 0 Å². The maximum absolute atomic E-state index is 13.2. The summed E-state index contributed by atoms with van der Waals surface area (Å²) in [6.07, 6.45) is 0.328. The molecule has 168 valence electrons. The van der Waals surface area contributed by atoms with Crippen molar-refractivity contribution in [2.24, 2.45) is 4.99 Å². The van der Waals surface area contributed by atoms with E-state index in [0.29, 0.717) is 12.5 Å². The highest BCUT2D eigenvalue weighted by Gasteiger charge is 2.41. The first kappa shape index (κ1) is 22.9. The Kier molecular flexibility index (Phi) is 6.97. The Morgan fingerprint density at radius 1 is 1.10 bits per heavy atom. The van der Waals surface area contributed by atoms with Crippen LogP contribution in [0.1, 0.15) is 43.2 Å². The first-order valence-corrected chi connectivity index (χ1v) is 10.6.